The molecule has 0 bridgehead atoms. The maximum absolute atomic E-state index is 14.8. The van der Waals surface area contributed by atoms with Crippen LogP contribution in [0.25, 0.3) is 0 Å². The van der Waals surface area contributed by atoms with Gasteiger partial charge in [-0.1, -0.05) is 18.7 Å². The smallest absolute Gasteiger partial charge is 0.246 e. The fraction of sp³-hybridized carbons (Fsp3) is 0.656. The molecular weight excluding hydrogens is 549 g/mol. The van der Waals surface area contributed by atoms with Crippen molar-refractivity contribution in [2.45, 2.75) is 75.6 Å². The number of para-hydroxylation sites is 1. The number of anilines is 1. The third kappa shape index (κ3) is 5.60. The fourth-order valence-corrected chi connectivity index (χ4v) is 8.42. The molecule has 3 saturated heterocycles. The van der Waals surface area contributed by atoms with Crippen molar-refractivity contribution in [2.24, 2.45) is 11.3 Å². The van der Waals surface area contributed by atoms with E-state index in [1.54, 1.807) is 18.0 Å². The molecule has 1 aromatic rings. The minimum atomic E-state index is -0.611. The van der Waals surface area contributed by atoms with Gasteiger partial charge in [0, 0.05) is 44.7 Å². The number of nitriles is 1. The highest BCUT2D eigenvalue weighted by atomic mass is 19.1. The van der Waals surface area contributed by atoms with Crippen LogP contribution in [0.5, 0.6) is 0 Å². The van der Waals surface area contributed by atoms with E-state index in [2.05, 4.69) is 40.1 Å². The number of carbonyl (C=O) groups excluding carboxylic acids is 2. The number of amides is 2. The molecule has 5 aliphatic rings. The predicted molar refractivity (Wildman–Crippen MR) is 160 cm³/mol. The second-order valence-corrected chi connectivity index (χ2v) is 13.1. The molecule has 2 N–H and O–H groups in total. The van der Waals surface area contributed by atoms with E-state index in [1.165, 1.54) is 17.0 Å². The molecule has 1 spiro atoms. The van der Waals surface area contributed by atoms with Gasteiger partial charge >= 0.3 is 0 Å². The highest BCUT2D eigenvalue weighted by Gasteiger charge is 2.54. The number of nitrogens with zero attached hydrogens (tertiary/aromatic N) is 5. The quantitative estimate of drug-likeness (QED) is 0.483. The van der Waals surface area contributed by atoms with Gasteiger partial charge < -0.3 is 19.4 Å². The van der Waals surface area contributed by atoms with Crippen molar-refractivity contribution in [1.29, 1.82) is 5.26 Å². The summed E-state index contributed by atoms with van der Waals surface area (Å²) in [6.45, 7) is 7.09. The van der Waals surface area contributed by atoms with Gasteiger partial charge in [-0.25, -0.2) is 4.39 Å². The molecule has 4 fully saturated rings. The standard InChI is InChI=1S/C32H44FN7O3/c1-4-27(41)40-16-15-39(19-22(40)11-13-34)29-24-10-12-32(17-21-7-5-9-25(33)28(21)38(3)30(32)42)18-26(24)35-31(36-29)43-20-23-8-6-14-37(23)2/h4-5,7,9,22-24,26,29,31,35-36H,1,6,8,10-12,14-20H2,2-3H3/t22-,23-,24?,26?,29?,31?,32+/m1/s1. The first-order valence-electron chi connectivity index (χ1n) is 15.7. The molecule has 1 saturated carbocycles. The number of likely N-dealkylation sites (N-methyl/N-ethyl adjacent to an activating group) is 1. The predicted octanol–water partition coefficient (Wildman–Crippen LogP) is 2.03. The molecule has 10 nitrogen and oxygen atoms in total. The van der Waals surface area contributed by atoms with Gasteiger partial charge in [-0.05, 0) is 69.8 Å². The van der Waals surface area contributed by atoms with Crippen LogP contribution in [0.15, 0.2) is 30.9 Å². The summed E-state index contributed by atoms with van der Waals surface area (Å²) in [5.74, 6) is -0.329. The van der Waals surface area contributed by atoms with Crippen LogP contribution >= 0.6 is 0 Å². The Morgan fingerprint density at radius 2 is 2.07 bits per heavy atom. The summed E-state index contributed by atoms with van der Waals surface area (Å²) in [4.78, 5) is 34.5. The zero-order valence-electron chi connectivity index (χ0n) is 25.3. The maximum Gasteiger partial charge on any atom is 0.246 e. The van der Waals surface area contributed by atoms with Crippen molar-refractivity contribution >= 4 is 17.5 Å². The van der Waals surface area contributed by atoms with E-state index in [-0.39, 0.29) is 48.2 Å². The first-order valence-corrected chi connectivity index (χ1v) is 15.7. The SMILES string of the molecule is C=CC(=O)N1CCN(C2NC(OC[C@H]3CCCN3C)NC3C[C@]4(CCC32)Cc2cccc(F)c2N(C)C4=O)C[C@H]1CC#N. The number of likely N-dealkylation sites (tertiary alicyclic amines) is 1. The second kappa shape index (κ2) is 12.3. The molecule has 11 heteroatoms. The Hall–Kier alpha value is -2.88. The van der Waals surface area contributed by atoms with E-state index in [1.807, 2.05) is 6.07 Å². The van der Waals surface area contributed by atoms with Crippen LogP contribution in [0, 0.1) is 28.5 Å². The van der Waals surface area contributed by atoms with Gasteiger partial charge in [-0.3, -0.25) is 25.1 Å². The fourth-order valence-electron chi connectivity index (χ4n) is 8.42. The molecule has 6 rings (SSSR count). The van der Waals surface area contributed by atoms with E-state index in [0.717, 1.165) is 31.4 Å². The molecule has 1 aromatic carbocycles. The van der Waals surface area contributed by atoms with Crippen LogP contribution < -0.4 is 15.5 Å². The van der Waals surface area contributed by atoms with E-state index >= 15 is 0 Å². The van der Waals surface area contributed by atoms with Gasteiger partial charge in [0.2, 0.25) is 11.8 Å². The highest BCUT2D eigenvalue weighted by molar-refractivity contribution is 6.00. The number of rotatable bonds is 6. The summed E-state index contributed by atoms with van der Waals surface area (Å²) in [6, 6.07) is 7.50. The summed E-state index contributed by atoms with van der Waals surface area (Å²) in [7, 11) is 3.83. The highest BCUT2D eigenvalue weighted by Crippen LogP contribution is 2.49. The summed E-state index contributed by atoms with van der Waals surface area (Å²) in [5.41, 5.74) is 0.666. The Balaban J connectivity index is 1.25. The normalized spacial score (nSPS) is 35.0. The van der Waals surface area contributed by atoms with Crippen LogP contribution in [0.1, 0.15) is 44.1 Å². The summed E-state index contributed by atoms with van der Waals surface area (Å²) >= 11 is 0. The molecular formula is C32H44FN7O3. The molecule has 0 radical (unpaired) electrons. The summed E-state index contributed by atoms with van der Waals surface area (Å²) < 4.78 is 21.3. The van der Waals surface area contributed by atoms with Crippen LogP contribution in [-0.4, -0.2) is 104 Å². The third-order valence-electron chi connectivity index (χ3n) is 10.7. The number of piperazine rings is 1. The number of hydrogen-bond acceptors (Lipinski definition) is 8. The zero-order valence-corrected chi connectivity index (χ0v) is 25.3. The molecule has 232 valence electrons. The Kier molecular flexibility index (Phi) is 8.59. The van der Waals surface area contributed by atoms with Gasteiger partial charge in [0.25, 0.3) is 0 Å². The van der Waals surface area contributed by atoms with E-state index in [9.17, 15) is 19.2 Å². The van der Waals surface area contributed by atoms with Gasteiger partial charge in [0.1, 0.15) is 5.82 Å². The number of benzene rings is 1. The number of hydrogen-bond donors (Lipinski definition) is 2. The Morgan fingerprint density at radius 3 is 2.81 bits per heavy atom. The van der Waals surface area contributed by atoms with Crippen LogP contribution in [0.2, 0.25) is 0 Å². The van der Waals surface area contributed by atoms with E-state index < -0.39 is 11.8 Å². The van der Waals surface area contributed by atoms with Crippen LogP contribution in [0.4, 0.5) is 10.1 Å². The number of ether oxygens (including phenoxy) is 1. The Labute approximate surface area is 253 Å². The summed E-state index contributed by atoms with van der Waals surface area (Å²) in [6.07, 6.45) is 6.08. The van der Waals surface area contributed by atoms with Crippen molar-refractivity contribution in [3.63, 3.8) is 0 Å². The lowest BCUT2D eigenvalue weighted by molar-refractivity contribution is -0.143. The average molecular weight is 594 g/mol. The minimum absolute atomic E-state index is 0.000945. The largest absolute Gasteiger partial charge is 0.348 e. The third-order valence-corrected chi connectivity index (χ3v) is 10.7. The second-order valence-electron chi connectivity index (χ2n) is 13.1. The molecule has 7 atom stereocenters. The van der Waals surface area contributed by atoms with Crippen molar-refractivity contribution < 1.29 is 18.7 Å². The molecule has 4 heterocycles. The first kappa shape index (κ1) is 30.2. The molecule has 43 heavy (non-hydrogen) atoms. The monoisotopic (exact) mass is 593 g/mol. The molecule has 4 unspecified atom stereocenters. The lowest BCUT2D eigenvalue weighted by Gasteiger charge is -2.56. The van der Waals surface area contributed by atoms with Crippen molar-refractivity contribution in [3.05, 3.63) is 42.2 Å². The number of carbonyl (C=O) groups is 2. The summed E-state index contributed by atoms with van der Waals surface area (Å²) in [5, 5.41) is 17.0. The number of fused-ring (bicyclic) bond motifs is 2. The zero-order chi connectivity index (χ0) is 30.3. The Bertz CT molecular complexity index is 1290. The first-order chi connectivity index (χ1) is 20.7. The van der Waals surface area contributed by atoms with Crippen LogP contribution in [-0.2, 0) is 20.7 Å². The van der Waals surface area contributed by atoms with Gasteiger partial charge in [-0.15, -0.1) is 0 Å². The van der Waals surface area contributed by atoms with Gasteiger partial charge in [0.15, 0.2) is 6.35 Å². The Morgan fingerprint density at radius 1 is 1.23 bits per heavy atom. The van der Waals surface area contributed by atoms with Gasteiger partial charge in [0.05, 0.1) is 42.4 Å². The van der Waals surface area contributed by atoms with Crippen molar-refractivity contribution in [2.75, 3.05) is 51.8 Å². The van der Waals surface area contributed by atoms with E-state index in [4.69, 9.17) is 4.74 Å². The number of halogens is 1. The van der Waals surface area contributed by atoms with Crippen LogP contribution in [0.3, 0.4) is 0 Å². The van der Waals surface area contributed by atoms with Gasteiger partial charge in [-0.2, -0.15) is 5.26 Å². The molecule has 4 aliphatic heterocycles. The van der Waals surface area contributed by atoms with Crippen molar-refractivity contribution in [1.82, 2.24) is 25.3 Å². The lowest BCUT2D eigenvalue weighted by atomic mass is 9.62. The average Bonchev–Trinajstić information content (AvgIpc) is 3.42. The lowest BCUT2D eigenvalue weighted by Crippen LogP contribution is -2.73. The number of nitrogens with one attached hydrogen (secondary N) is 2. The molecule has 2 amide bonds. The molecule has 1 aliphatic carbocycles. The maximum atomic E-state index is 14.8. The topological polar surface area (TPSA) is 104 Å². The minimum Gasteiger partial charge on any atom is -0.348 e. The van der Waals surface area contributed by atoms with Crippen molar-refractivity contribution in [3.8, 4) is 6.07 Å². The van der Waals surface area contributed by atoms with E-state index in [0.29, 0.717) is 57.2 Å². The molecule has 0 aromatic heterocycles.